The van der Waals surface area contributed by atoms with Crippen LogP contribution in [0.1, 0.15) is 25.6 Å². The third kappa shape index (κ3) is 2.85. The molecular formula is C11H17BrN2OS2. The summed E-state index contributed by atoms with van der Waals surface area (Å²) < 4.78 is 2.79. The van der Waals surface area contributed by atoms with Crippen LogP contribution in [0.5, 0.6) is 0 Å². The maximum absolute atomic E-state index is 10.6. The van der Waals surface area contributed by atoms with Gasteiger partial charge < -0.3 is 5.11 Å². The van der Waals surface area contributed by atoms with E-state index in [1.807, 2.05) is 35.1 Å². The van der Waals surface area contributed by atoms with Crippen LogP contribution in [0.2, 0.25) is 0 Å². The normalized spacial score (nSPS) is 27.1. The van der Waals surface area contributed by atoms with Gasteiger partial charge in [-0.25, -0.2) is 0 Å². The molecule has 1 fully saturated rings. The molecule has 17 heavy (non-hydrogen) atoms. The molecule has 3 unspecified atom stereocenters. The van der Waals surface area contributed by atoms with Crippen LogP contribution in [0.3, 0.4) is 0 Å². The van der Waals surface area contributed by atoms with Crippen LogP contribution in [0.4, 0.5) is 0 Å². The largest absolute Gasteiger partial charge is 0.386 e. The molecule has 1 aromatic rings. The van der Waals surface area contributed by atoms with E-state index in [4.69, 9.17) is 0 Å². The number of halogens is 1. The maximum atomic E-state index is 10.6. The molecule has 0 bridgehead atoms. The Morgan fingerprint density at radius 2 is 2.29 bits per heavy atom. The molecule has 3 atom stereocenters. The molecule has 1 aliphatic heterocycles. The molecular weight excluding hydrogens is 320 g/mol. The van der Waals surface area contributed by atoms with Crippen molar-refractivity contribution in [3.05, 3.63) is 16.4 Å². The first-order valence-corrected chi connectivity index (χ1v) is 8.66. The number of aryl methyl sites for hydroxylation is 1. The van der Waals surface area contributed by atoms with Crippen LogP contribution in [0, 0.1) is 0 Å². The molecule has 6 heteroatoms. The van der Waals surface area contributed by atoms with Crippen molar-refractivity contribution in [2.24, 2.45) is 0 Å². The zero-order valence-corrected chi connectivity index (χ0v) is 13.2. The van der Waals surface area contributed by atoms with E-state index in [-0.39, 0.29) is 5.25 Å². The predicted octanol–water partition coefficient (Wildman–Crippen LogP) is 2.94. The Hall–Kier alpha value is 0.350. The molecule has 3 nitrogen and oxygen atoms in total. The second-order valence-electron chi connectivity index (χ2n) is 4.05. The minimum Gasteiger partial charge on any atom is -0.386 e. The molecule has 2 heterocycles. The van der Waals surface area contributed by atoms with Crippen molar-refractivity contribution in [2.75, 3.05) is 11.5 Å². The first kappa shape index (κ1) is 13.8. The summed E-state index contributed by atoms with van der Waals surface area (Å²) in [5.41, 5.74) is 0.916. The molecule has 1 saturated heterocycles. The number of aliphatic hydroxyl groups is 1. The molecule has 0 amide bonds. The van der Waals surface area contributed by atoms with Crippen LogP contribution < -0.4 is 0 Å². The molecule has 96 valence electrons. The van der Waals surface area contributed by atoms with E-state index < -0.39 is 6.10 Å². The lowest BCUT2D eigenvalue weighted by Crippen LogP contribution is -2.30. The van der Waals surface area contributed by atoms with Crippen molar-refractivity contribution in [2.45, 2.75) is 37.0 Å². The van der Waals surface area contributed by atoms with Crippen molar-refractivity contribution in [3.63, 3.8) is 0 Å². The Morgan fingerprint density at radius 3 is 2.94 bits per heavy atom. The third-order valence-electron chi connectivity index (χ3n) is 2.96. The van der Waals surface area contributed by atoms with Crippen LogP contribution >= 0.6 is 39.5 Å². The summed E-state index contributed by atoms with van der Waals surface area (Å²) in [5, 5.41) is 15.6. The highest BCUT2D eigenvalue weighted by Crippen LogP contribution is 2.40. The Balaban J connectivity index is 2.22. The number of hydrogen-bond donors (Lipinski definition) is 1. The van der Waals surface area contributed by atoms with Crippen LogP contribution in [0.15, 0.2) is 10.7 Å². The van der Waals surface area contributed by atoms with Crippen molar-refractivity contribution in [3.8, 4) is 0 Å². The fraction of sp³-hybridized carbons (Fsp3) is 0.727. The van der Waals surface area contributed by atoms with Gasteiger partial charge >= 0.3 is 0 Å². The Morgan fingerprint density at radius 1 is 1.59 bits per heavy atom. The lowest BCUT2D eigenvalue weighted by atomic mass is 10.1. The molecule has 0 radical (unpaired) electrons. The zero-order valence-electron chi connectivity index (χ0n) is 9.97. The standard InChI is InChI=1S/C11H17BrN2OS2/c1-3-14-9(8(12)6-13-14)10(15)11-7(2)16-4-5-17-11/h6-7,10-11,15H,3-5H2,1-2H3. The van der Waals surface area contributed by atoms with Gasteiger partial charge in [0.05, 0.1) is 16.4 Å². The van der Waals surface area contributed by atoms with Gasteiger partial charge in [0, 0.05) is 28.6 Å². The van der Waals surface area contributed by atoms with Gasteiger partial charge in [-0.15, -0.1) is 0 Å². The van der Waals surface area contributed by atoms with E-state index >= 15 is 0 Å². The van der Waals surface area contributed by atoms with Gasteiger partial charge in [0.2, 0.25) is 0 Å². The fourth-order valence-electron chi connectivity index (χ4n) is 2.07. The van der Waals surface area contributed by atoms with Gasteiger partial charge in [-0.05, 0) is 22.9 Å². The monoisotopic (exact) mass is 336 g/mol. The highest BCUT2D eigenvalue weighted by molar-refractivity contribution is 9.10. The summed E-state index contributed by atoms with van der Waals surface area (Å²) in [6, 6.07) is 0. The molecule has 2 rings (SSSR count). The Bertz CT molecular complexity index is 386. The van der Waals surface area contributed by atoms with Gasteiger partial charge in [0.1, 0.15) is 6.10 Å². The average Bonchev–Trinajstić information content (AvgIpc) is 2.70. The molecule has 0 saturated carbocycles. The summed E-state index contributed by atoms with van der Waals surface area (Å²) in [5.74, 6) is 2.30. The summed E-state index contributed by atoms with van der Waals surface area (Å²) in [6.07, 6.45) is 1.33. The number of nitrogens with zero attached hydrogens (tertiary/aromatic N) is 2. The lowest BCUT2D eigenvalue weighted by molar-refractivity contribution is 0.162. The second kappa shape index (κ2) is 5.99. The molecule has 0 spiro atoms. The number of aliphatic hydroxyl groups excluding tert-OH is 1. The summed E-state index contributed by atoms with van der Waals surface area (Å²) >= 11 is 7.30. The first-order valence-electron chi connectivity index (χ1n) is 5.77. The Kier molecular flexibility index (Phi) is 4.86. The van der Waals surface area contributed by atoms with Gasteiger partial charge in [0.15, 0.2) is 0 Å². The minimum absolute atomic E-state index is 0.257. The predicted molar refractivity (Wildman–Crippen MR) is 78.7 cm³/mol. The second-order valence-corrected chi connectivity index (χ2v) is 7.68. The highest BCUT2D eigenvalue weighted by atomic mass is 79.9. The lowest BCUT2D eigenvalue weighted by Gasteiger charge is -2.32. The third-order valence-corrected chi connectivity index (χ3v) is 6.75. The molecule has 0 aliphatic carbocycles. The summed E-state index contributed by atoms with van der Waals surface area (Å²) in [7, 11) is 0. The van der Waals surface area contributed by atoms with E-state index in [1.54, 1.807) is 6.20 Å². The van der Waals surface area contributed by atoms with Crippen molar-refractivity contribution >= 4 is 39.5 Å². The van der Waals surface area contributed by atoms with Crippen LogP contribution in [-0.2, 0) is 6.54 Å². The number of rotatable bonds is 3. The van der Waals surface area contributed by atoms with Crippen LogP contribution in [0.25, 0.3) is 0 Å². The van der Waals surface area contributed by atoms with Gasteiger partial charge in [-0.3, -0.25) is 4.68 Å². The zero-order chi connectivity index (χ0) is 12.4. The average molecular weight is 337 g/mol. The molecule has 0 aromatic carbocycles. The number of aromatic nitrogens is 2. The first-order chi connectivity index (χ1) is 8.15. The fourth-order valence-corrected chi connectivity index (χ4v) is 5.41. The van der Waals surface area contributed by atoms with Crippen molar-refractivity contribution < 1.29 is 5.11 Å². The van der Waals surface area contributed by atoms with Crippen LogP contribution in [-0.4, -0.2) is 36.9 Å². The van der Waals surface area contributed by atoms with E-state index in [2.05, 4.69) is 28.0 Å². The number of thioether (sulfide) groups is 2. The highest BCUT2D eigenvalue weighted by Gasteiger charge is 2.33. The van der Waals surface area contributed by atoms with Crippen molar-refractivity contribution in [1.82, 2.24) is 9.78 Å². The van der Waals surface area contributed by atoms with Gasteiger partial charge in [0.25, 0.3) is 0 Å². The topological polar surface area (TPSA) is 38.0 Å². The van der Waals surface area contributed by atoms with Gasteiger partial charge in [-0.2, -0.15) is 28.6 Å². The summed E-state index contributed by atoms with van der Waals surface area (Å²) in [6.45, 7) is 5.03. The quantitative estimate of drug-likeness (QED) is 0.920. The maximum Gasteiger partial charge on any atom is 0.110 e. The smallest absolute Gasteiger partial charge is 0.110 e. The van der Waals surface area contributed by atoms with Crippen molar-refractivity contribution in [1.29, 1.82) is 0 Å². The van der Waals surface area contributed by atoms with E-state index in [9.17, 15) is 5.11 Å². The summed E-state index contributed by atoms with van der Waals surface area (Å²) in [4.78, 5) is 0. The van der Waals surface area contributed by atoms with E-state index in [0.717, 1.165) is 22.5 Å². The van der Waals surface area contributed by atoms with E-state index in [0.29, 0.717) is 5.25 Å². The molecule has 1 aromatic heterocycles. The molecule has 1 N–H and O–H groups in total. The van der Waals surface area contributed by atoms with E-state index in [1.165, 1.54) is 5.75 Å². The van der Waals surface area contributed by atoms with Gasteiger partial charge in [-0.1, -0.05) is 6.92 Å². The minimum atomic E-state index is -0.445. The molecule has 1 aliphatic rings. The Labute approximate surface area is 119 Å². The number of hydrogen-bond acceptors (Lipinski definition) is 4. The SMILES string of the molecule is CCn1ncc(Br)c1C(O)C1SCCSC1C.